The summed E-state index contributed by atoms with van der Waals surface area (Å²) in [6.45, 7) is 5.81. The largest absolute Gasteiger partial charge is 0.338 e. The van der Waals surface area contributed by atoms with Gasteiger partial charge in [0.15, 0.2) is 11.5 Å². The minimum atomic E-state index is -0.353. The predicted molar refractivity (Wildman–Crippen MR) is 138 cm³/mol. The molecule has 180 valence electrons. The van der Waals surface area contributed by atoms with Crippen LogP contribution in [0.25, 0.3) is 27.9 Å². The molecule has 1 amide bonds. The Bertz CT molecular complexity index is 1600. The average molecular weight is 481 g/mol. The van der Waals surface area contributed by atoms with E-state index in [1.807, 2.05) is 58.7 Å². The standard InChI is InChI=1S/C28H25FN6O/c1-18-7-3-4-8-22(18)25-31-32-26-23-9-5-6-10-24(23)30-28(35(25)26)33-15-16-34(19(2)17-33)27(36)20-11-13-21(29)14-12-20/h3-14,19H,15-17H2,1-2H3. The maximum atomic E-state index is 13.3. The number of piperazine rings is 1. The Hall–Kier alpha value is -4.33. The van der Waals surface area contributed by atoms with Crippen LogP contribution in [0.3, 0.4) is 0 Å². The van der Waals surface area contributed by atoms with Gasteiger partial charge in [0.25, 0.3) is 5.91 Å². The van der Waals surface area contributed by atoms with E-state index >= 15 is 0 Å². The SMILES string of the molecule is Cc1ccccc1-c1nnc2c3ccccc3nc(N3CCN(C(=O)c4ccc(F)cc4)C(C)C3)n12. The fraction of sp³-hybridized carbons (Fsp3) is 0.214. The molecule has 1 fully saturated rings. The molecule has 0 N–H and O–H groups in total. The van der Waals surface area contributed by atoms with Gasteiger partial charge in [-0.3, -0.25) is 4.79 Å². The number of hydrogen-bond acceptors (Lipinski definition) is 5. The molecule has 1 saturated heterocycles. The molecule has 0 saturated carbocycles. The molecule has 1 aliphatic heterocycles. The van der Waals surface area contributed by atoms with Crippen molar-refractivity contribution in [2.24, 2.45) is 0 Å². The van der Waals surface area contributed by atoms with E-state index in [2.05, 4.69) is 28.1 Å². The fourth-order valence-corrected chi connectivity index (χ4v) is 4.98. The molecule has 2 aromatic heterocycles. The van der Waals surface area contributed by atoms with Crippen LogP contribution < -0.4 is 4.90 Å². The summed E-state index contributed by atoms with van der Waals surface area (Å²) in [4.78, 5) is 22.2. The second kappa shape index (κ2) is 8.71. The van der Waals surface area contributed by atoms with Gasteiger partial charge in [0, 0.05) is 42.2 Å². The molecule has 7 nitrogen and oxygen atoms in total. The molecule has 1 aliphatic rings. The molecule has 0 spiro atoms. The maximum Gasteiger partial charge on any atom is 0.254 e. The lowest BCUT2D eigenvalue weighted by Gasteiger charge is -2.40. The third-order valence-electron chi connectivity index (χ3n) is 6.88. The normalized spacial score (nSPS) is 16.1. The van der Waals surface area contributed by atoms with Crippen LogP contribution in [0.5, 0.6) is 0 Å². The smallest absolute Gasteiger partial charge is 0.254 e. The van der Waals surface area contributed by atoms with E-state index in [9.17, 15) is 9.18 Å². The van der Waals surface area contributed by atoms with Gasteiger partial charge in [0.2, 0.25) is 5.95 Å². The molecule has 0 aliphatic carbocycles. The first kappa shape index (κ1) is 22.2. The van der Waals surface area contributed by atoms with Crippen molar-refractivity contribution in [1.82, 2.24) is 24.5 Å². The summed E-state index contributed by atoms with van der Waals surface area (Å²) < 4.78 is 15.4. The van der Waals surface area contributed by atoms with Crippen LogP contribution in [-0.2, 0) is 0 Å². The summed E-state index contributed by atoms with van der Waals surface area (Å²) in [7, 11) is 0. The monoisotopic (exact) mass is 480 g/mol. The number of fused-ring (bicyclic) bond motifs is 3. The van der Waals surface area contributed by atoms with Gasteiger partial charge < -0.3 is 9.80 Å². The first-order valence-electron chi connectivity index (χ1n) is 12.0. The van der Waals surface area contributed by atoms with E-state index in [1.165, 1.54) is 24.3 Å². The first-order chi connectivity index (χ1) is 17.5. The summed E-state index contributed by atoms with van der Waals surface area (Å²) in [5.74, 6) is 1.05. The van der Waals surface area contributed by atoms with E-state index in [0.29, 0.717) is 25.2 Å². The van der Waals surface area contributed by atoms with E-state index < -0.39 is 0 Å². The van der Waals surface area contributed by atoms with Crippen molar-refractivity contribution in [1.29, 1.82) is 0 Å². The van der Waals surface area contributed by atoms with E-state index in [0.717, 1.165) is 39.4 Å². The number of benzene rings is 3. The highest BCUT2D eigenvalue weighted by Gasteiger charge is 2.31. The number of carbonyl (C=O) groups is 1. The van der Waals surface area contributed by atoms with Crippen LogP contribution in [0, 0.1) is 12.7 Å². The second-order valence-corrected chi connectivity index (χ2v) is 9.23. The second-order valence-electron chi connectivity index (χ2n) is 9.23. The lowest BCUT2D eigenvalue weighted by atomic mass is 10.1. The zero-order valence-electron chi connectivity index (χ0n) is 20.1. The molecule has 0 radical (unpaired) electrons. The molecule has 6 rings (SSSR count). The molecule has 36 heavy (non-hydrogen) atoms. The third kappa shape index (κ3) is 3.66. The van der Waals surface area contributed by atoms with Crippen molar-refractivity contribution in [3.8, 4) is 11.4 Å². The van der Waals surface area contributed by atoms with Crippen molar-refractivity contribution >= 4 is 28.4 Å². The summed E-state index contributed by atoms with van der Waals surface area (Å²) >= 11 is 0. The molecule has 1 unspecified atom stereocenters. The number of carbonyl (C=O) groups excluding carboxylic acids is 1. The summed E-state index contributed by atoms with van der Waals surface area (Å²) in [6, 6.07) is 21.7. The Labute approximate surface area is 207 Å². The van der Waals surface area contributed by atoms with Gasteiger partial charge in [0.05, 0.1) is 5.52 Å². The number of para-hydroxylation sites is 1. The Morgan fingerprint density at radius 2 is 1.69 bits per heavy atom. The molecular formula is C28H25FN6O. The highest BCUT2D eigenvalue weighted by Crippen LogP contribution is 2.31. The minimum absolute atomic E-state index is 0.0713. The van der Waals surface area contributed by atoms with Crippen LogP contribution >= 0.6 is 0 Å². The van der Waals surface area contributed by atoms with Gasteiger partial charge in [-0.25, -0.2) is 13.8 Å². The average Bonchev–Trinajstić information content (AvgIpc) is 3.34. The summed E-state index contributed by atoms with van der Waals surface area (Å²) in [6.07, 6.45) is 0. The molecular weight excluding hydrogens is 455 g/mol. The summed E-state index contributed by atoms with van der Waals surface area (Å²) in [5.41, 5.74) is 4.20. The molecule has 8 heteroatoms. The van der Waals surface area contributed by atoms with Crippen LogP contribution in [0.1, 0.15) is 22.8 Å². The van der Waals surface area contributed by atoms with Crippen LogP contribution in [0.15, 0.2) is 72.8 Å². The lowest BCUT2D eigenvalue weighted by Crippen LogP contribution is -2.54. The molecule has 3 aromatic carbocycles. The number of hydrogen-bond donors (Lipinski definition) is 0. The number of anilines is 1. The Balaban J connectivity index is 1.41. The van der Waals surface area contributed by atoms with E-state index in [-0.39, 0.29) is 17.8 Å². The molecule has 3 heterocycles. The Kier molecular flexibility index (Phi) is 5.36. The zero-order chi connectivity index (χ0) is 24.8. The van der Waals surface area contributed by atoms with E-state index in [1.54, 1.807) is 0 Å². The lowest BCUT2D eigenvalue weighted by molar-refractivity contribution is 0.0673. The quantitative estimate of drug-likeness (QED) is 0.373. The van der Waals surface area contributed by atoms with Gasteiger partial charge in [-0.2, -0.15) is 0 Å². The molecule has 1 atom stereocenters. The van der Waals surface area contributed by atoms with Crippen molar-refractivity contribution in [2.75, 3.05) is 24.5 Å². The number of rotatable bonds is 3. The minimum Gasteiger partial charge on any atom is -0.338 e. The number of aryl methyl sites for hydroxylation is 1. The van der Waals surface area contributed by atoms with Crippen molar-refractivity contribution in [3.05, 3.63) is 89.7 Å². The van der Waals surface area contributed by atoms with Crippen molar-refractivity contribution in [3.63, 3.8) is 0 Å². The van der Waals surface area contributed by atoms with Crippen LogP contribution in [0.2, 0.25) is 0 Å². The van der Waals surface area contributed by atoms with Crippen LogP contribution in [-0.4, -0.2) is 56.1 Å². The highest BCUT2D eigenvalue weighted by molar-refractivity contribution is 5.95. The zero-order valence-corrected chi connectivity index (χ0v) is 20.1. The van der Waals surface area contributed by atoms with Gasteiger partial charge in [-0.1, -0.05) is 36.4 Å². The topological polar surface area (TPSA) is 66.6 Å². The summed E-state index contributed by atoms with van der Waals surface area (Å²) in [5, 5.41) is 10.1. The van der Waals surface area contributed by atoms with Crippen molar-refractivity contribution < 1.29 is 9.18 Å². The Morgan fingerprint density at radius 3 is 2.47 bits per heavy atom. The van der Waals surface area contributed by atoms with Gasteiger partial charge in [0.1, 0.15) is 5.82 Å². The third-order valence-corrected chi connectivity index (χ3v) is 6.88. The van der Waals surface area contributed by atoms with Gasteiger partial charge in [-0.05, 0) is 55.8 Å². The number of nitrogens with zero attached hydrogens (tertiary/aromatic N) is 6. The Morgan fingerprint density at radius 1 is 0.944 bits per heavy atom. The number of aromatic nitrogens is 4. The van der Waals surface area contributed by atoms with Gasteiger partial charge >= 0.3 is 0 Å². The predicted octanol–water partition coefficient (Wildman–Crippen LogP) is 4.74. The molecule has 0 bridgehead atoms. The van der Waals surface area contributed by atoms with Crippen molar-refractivity contribution in [2.45, 2.75) is 19.9 Å². The maximum absolute atomic E-state index is 13.3. The number of halogens is 1. The first-order valence-corrected chi connectivity index (χ1v) is 12.0. The van der Waals surface area contributed by atoms with Gasteiger partial charge in [-0.15, -0.1) is 10.2 Å². The number of amides is 1. The van der Waals surface area contributed by atoms with Crippen LogP contribution in [0.4, 0.5) is 10.3 Å². The highest BCUT2D eigenvalue weighted by atomic mass is 19.1. The molecule has 5 aromatic rings. The fourth-order valence-electron chi connectivity index (χ4n) is 4.98. The van der Waals surface area contributed by atoms with E-state index in [4.69, 9.17) is 4.98 Å².